The molecule has 0 saturated heterocycles. The summed E-state index contributed by atoms with van der Waals surface area (Å²) in [5.41, 5.74) is 6.41. The lowest BCUT2D eigenvalue weighted by molar-refractivity contribution is 0.481. The number of fused-ring (bicyclic) bond motifs is 1. The van der Waals surface area contributed by atoms with Gasteiger partial charge in [-0.1, -0.05) is 52.0 Å². The highest BCUT2D eigenvalue weighted by Crippen LogP contribution is 2.28. The molecule has 0 unspecified atom stereocenters. The van der Waals surface area contributed by atoms with Crippen LogP contribution >= 0.6 is 0 Å². The summed E-state index contributed by atoms with van der Waals surface area (Å²) in [6.07, 6.45) is 0. The molecule has 0 aliphatic carbocycles. The van der Waals surface area contributed by atoms with Crippen LogP contribution < -0.4 is 5.73 Å². The van der Waals surface area contributed by atoms with Gasteiger partial charge in [-0.15, -0.1) is 0 Å². The SMILES string of the molecule is CC.CC.Nc1ccc(O)c2ccccc12. The third-order valence-electron chi connectivity index (χ3n) is 1.93. The molecule has 2 rings (SSSR count). The molecule has 88 valence electrons. The molecule has 0 spiro atoms. The smallest absolute Gasteiger partial charge is 0.123 e. The molecule has 2 aromatic rings. The van der Waals surface area contributed by atoms with Crippen LogP contribution in [0.5, 0.6) is 5.75 Å². The van der Waals surface area contributed by atoms with Gasteiger partial charge in [0.05, 0.1) is 0 Å². The Morgan fingerprint density at radius 3 is 1.81 bits per heavy atom. The van der Waals surface area contributed by atoms with Crippen LogP contribution in [-0.4, -0.2) is 5.11 Å². The fourth-order valence-electron chi connectivity index (χ4n) is 1.31. The summed E-state index contributed by atoms with van der Waals surface area (Å²) in [5.74, 6) is 0.278. The predicted molar refractivity (Wildman–Crippen MR) is 72.7 cm³/mol. The maximum absolute atomic E-state index is 9.44. The van der Waals surface area contributed by atoms with Crippen LogP contribution in [0, 0.1) is 0 Å². The second-order valence-corrected chi connectivity index (χ2v) is 2.72. The Hall–Kier alpha value is -1.70. The molecule has 0 aliphatic heterocycles. The lowest BCUT2D eigenvalue weighted by Gasteiger charge is -2.02. The number of anilines is 1. The first-order valence-corrected chi connectivity index (χ1v) is 5.75. The van der Waals surface area contributed by atoms with Crippen molar-refractivity contribution in [3.05, 3.63) is 36.4 Å². The van der Waals surface area contributed by atoms with Crippen molar-refractivity contribution in [1.82, 2.24) is 0 Å². The Bertz CT molecular complexity index is 384. The zero-order valence-electron chi connectivity index (χ0n) is 10.5. The van der Waals surface area contributed by atoms with Gasteiger partial charge in [0.1, 0.15) is 5.75 Å². The van der Waals surface area contributed by atoms with Gasteiger partial charge in [0, 0.05) is 16.5 Å². The lowest BCUT2D eigenvalue weighted by Crippen LogP contribution is -1.85. The van der Waals surface area contributed by atoms with Gasteiger partial charge in [0.2, 0.25) is 0 Å². The monoisotopic (exact) mass is 219 g/mol. The molecule has 0 saturated carbocycles. The largest absolute Gasteiger partial charge is 0.507 e. The molecular formula is C14H21NO. The molecular weight excluding hydrogens is 198 g/mol. The zero-order valence-corrected chi connectivity index (χ0v) is 10.5. The Morgan fingerprint density at radius 1 is 0.812 bits per heavy atom. The lowest BCUT2D eigenvalue weighted by atomic mass is 10.1. The van der Waals surface area contributed by atoms with Crippen molar-refractivity contribution < 1.29 is 5.11 Å². The molecule has 0 radical (unpaired) electrons. The average molecular weight is 219 g/mol. The van der Waals surface area contributed by atoms with Crippen molar-refractivity contribution in [3.63, 3.8) is 0 Å². The normalized spacial score (nSPS) is 8.50. The number of hydrogen-bond donors (Lipinski definition) is 2. The maximum atomic E-state index is 9.44. The van der Waals surface area contributed by atoms with E-state index in [0.29, 0.717) is 5.69 Å². The van der Waals surface area contributed by atoms with Crippen LogP contribution in [0.1, 0.15) is 27.7 Å². The van der Waals surface area contributed by atoms with E-state index in [1.807, 2.05) is 52.0 Å². The van der Waals surface area contributed by atoms with Gasteiger partial charge in [0.25, 0.3) is 0 Å². The minimum Gasteiger partial charge on any atom is -0.507 e. The number of phenolic OH excluding ortho intramolecular Hbond substituents is 1. The molecule has 2 aromatic carbocycles. The summed E-state index contributed by atoms with van der Waals surface area (Å²) in [4.78, 5) is 0. The Balaban J connectivity index is 0.000000509. The van der Waals surface area contributed by atoms with E-state index in [4.69, 9.17) is 5.73 Å². The minimum absolute atomic E-state index is 0.278. The number of benzene rings is 2. The van der Waals surface area contributed by atoms with Crippen molar-refractivity contribution in [3.8, 4) is 5.75 Å². The van der Waals surface area contributed by atoms with Gasteiger partial charge in [0.15, 0.2) is 0 Å². The molecule has 3 N–H and O–H groups in total. The van der Waals surface area contributed by atoms with E-state index >= 15 is 0 Å². The van der Waals surface area contributed by atoms with Crippen molar-refractivity contribution in [1.29, 1.82) is 0 Å². The topological polar surface area (TPSA) is 46.2 Å². The van der Waals surface area contributed by atoms with Crippen LogP contribution in [0.3, 0.4) is 0 Å². The molecule has 2 heteroatoms. The van der Waals surface area contributed by atoms with E-state index in [-0.39, 0.29) is 5.75 Å². The average Bonchev–Trinajstić information content (AvgIpc) is 2.39. The van der Waals surface area contributed by atoms with Gasteiger partial charge >= 0.3 is 0 Å². The highest BCUT2D eigenvalue weighted by Gasteiger charge is 2.00. The van der Waals surface area contributed by atoms with Gasteiger partial charge in [-0.25, -0.2) is 0 Å². The summed E-state index contributed by atoms with van der Waals surface area (Å²) in [7, 11) is 0. The molecule has 0 amide bonds. The first-order valence-electron chi connectivity index (χ1n) is 5.75. The molecule has 0 heterocycles. The van der Waals surface area contributed by atoms with Crippen LogP contribution in [0.25, 0.3) is 10.8 Å². The summed E-state index contributed by atoms with van der Waals surface area (Å²) in [6.45, 7) is 8.00. The van der Waals surface area contributed by atoms with Crippen molar-refractivity contribution in [2.75, 3.05) is 5.73 Å². The van der Waals surface area contributed by atoms with Crippen LogP contribution in [0.4, 0.5) is 5.69 Å². The third-order valence-corrected chi connectivity index (χ3v) is 1.93. The predicted octanol–water partition coefficient (Wildman–Crippen LogP) is 4.18. The van der Waals surface area contributed by atoms with E-state index in [0.717, 1.165) is 10.8 Å². The van der Waals surface area contributed by atoms with Crippen molar-refractivity contribution >= 4 is 16.5 Å². The van der Waals surface area contributed by atoms with Crippen LogP contribution in [0.15, 0.2) is 36.4 Å². The van der Waals surface area contributed by atoms with E-state index < -0.39 is 0 Å². The highest BCUT2D eigenvalue weighted by atomic mass is 16.3. The van der Waals surface area contributed by atoms with Gasteiger partial charge in [-0.3, -0.25) is 0 Å². The standard InChI is InChI=1S/C10H9NO.2C2H6/c11-9-5-6-10(12)8-4-2-1-3-7(8)9;2*1-2/h1-6,12H,11H2;2*1-2H3. The first kappa shape index (κ1) is 14.3. The third kappa shape index (κ3) is 3.16. The number of aromatic hydroxyl groups is 1. The van der Waals surface area contributed by atoms with Crippen LogP contribution in [-0.2, 0) is 0 Å². The molecule has 16 heavy (non-hydrogen) atoms. The van der Waals surface area contributed by atoms with Gasteiger partial charge in [-0.2, -0.15) is 0 Å². The molecule has 0 fully saturated rings. The van der Waals surface area contributed by atoms with Crippen LogP contribution in [0.2, 0.25) is 0 Å². The number of phenols is 1. The number of nitrogens with two attached hydrogens (primary N) is 1. The summed E-state index contributed by atoms with van der Waals surface area (Å²) < 4.78 is 0. The number of nitrogen functional groups attached to an aromatic ring is 1. The quantitative estimate of drug-likeness (QED) is 0.515. The second-order valence-electron chi connectivity index (χ2n) is 2.72. The van der Waals surface area contributed by atoms with Gasteiger partial charge < -0.3 is 10.8 Å². The first-order chi connectivity index (χ1) is 7.79. The molecule has 2 nitrogen and oxygen atoms in total. The molecule has 0 atom stereocenters. The molecule has 0 aliphatic rings. The van der Waals surface area contributed by atoms with Crippen molar-refractivity contribution in [2.45, 2.75) is 27.7 Å². The van der Waals surface area contributed by atoms with Crippen molar-refractivity contribution in [2.24, 2.45) is 0 Å². The fraction of sp³-hybridized carbons (Fsp3) is 0.286. The maximum Gasteiger partial charge on any atom is 0.123 e. The molecule has 0 bridgehead atoms. The minimum atomic E-state index is 0.278. The van der Waals surface area contributed by atoms with Gasteiger partial charge in [-0.05, 0) is 12.1 Å². The number of hydrogen-bond acceptors (Lipinski definition) is 2. The zero-order chi connectivity index (χ0) is 12.6. The Labute approximate surface area is 97.7 Å². The summed E-state index contributed by atoms with van der Waals surface area (Å²) in [5, 5.41) is 11.1. The van der Waals surface area contributed by atoms with E-state index in [9.17, 15) is 5.11 Å². The summed E-state index contributed by atoms with van der Waals surface area (Å²) in [6, 6.07) is 10.8. The second kappa shape index (κ2) is 7.57. The van der Waals surface area contributed by atoms with E-state index in [1.54, 1.807) is 12.1 Å². The Morgan fingerprint density at radius 2 is 1.31 bits per heavy atom. The molecule has 0 aromatic heterocycles. The Kier molecular flexibility index (Phi) is 6.77. The highest BCUT2D eigenvalue weighted by molar-refractivity contribution is 5.96. The fourth-order valence-corrected chi connectivity index (χ4v) is 1.31. The summed E-state index contributed by atoms with van der Waals surface area (Å²) >= 11 is 0. The number of rotatable bonds is 0. The van der Waals surface area contributed by atoms with E-state index in [2.05, 4.69) is 0 Å². The van der Waals surface area contributed by atoms with E-state index in [1.165, 1.54) is 0 Å².